The fourth-order valence-corrected chi connectivity index (χ4v) is 0.832. The number of hydrogen-bond donors (Lipinski definition) is 1. The van der Waals surface area contributed by atoms with Gasteiger partial charge in [-0.25, -0.2) is 0 Å². The molecule has 2 N–H and O–H groups in total. The van der Waals surface area contributed by atoms with E-state index in [-0.39, 0.29) is 0 Å². The Balaban J connectivity index is 3.21. The monoisotopic (exact) mass is 157 g/mol. The fourth-order valence-electron chi connectivity index (χ4n) is 0.832. The molecule has 0 aromatic carbocycles. The van der Waals surface area contributed by atoms with Gasteiger partial charge in [0.15, 0.2) is 0 Å². The lowest BCUT2D eigenvalue weighted by Crippen LogP contribution is -2.10. The van der Waals surface area contributed by atoms with Crippen LogP contribution in [0.15, 0.2) is 12.2 Å². The molecule has 0 aliphatic carbocycles. The molecule has 0 aliphatic heterocycles. The molecule has 0 radical (unpaired) electrons. The van der Waals surface area contributed by atoms with Gasteiger partial charge in [-0.1, -0.05) is 26.0 Å². The average Bonchev–Trinajstić information content (AvgIpc) is 2.01. The highest BCUT2D eigenvalue weighted by molar-refractivity contribution is 4.81. The largest absolute Gasteiger partial charge is 0.366 e. The minimum Gasteiger partial charge on any atom is -0.366 e. The van der Waals surface area contributed by atoms with E-state index in [0.29, 0.717) is 12.6 Å². The van der Waals surface area contributed by atoms with Crippen molar-refractivity contribution in [2.75, 3.05) is 13.3 Å². The normalized spacial score (nSPS) is 14.1. The third-order valence-electron chi connectivity index (χ3n) is 1.46. The Kier molecular flexibility index (Phi) is 7.52. The maximum atomic E-state index is 5.19. The summed E-state index contributed by atoms with van der Waals surface area (Å²) >= 11 is 0. The predicted molar refractivity (Wildman–Crippen MR) is 48.2 cm³/mol. The molecule has 0 aromatic heterocycles. The van der Waals surface area contributed by atoms with E-state index >= 15 is 0 Å². The van der Waals surface area contributed by atoms with Gasteiger partial charge in [-0.05, 0) is 18.8 Å². The Bertz CT molecular complexity index is 102. The van der Waals surface area contributed by atoms with Gasteiger partial charge in [-0.15, -0.1) is 0 Å². The van der Waals surface area contributed by atoms with Crippen molar-refractivity contribution < 1.29 is 4.74 Å². The van der Waals surface area contributed by atoms with E-state index < -0.39 is 0 Å². The second kappa shape index (κ2) is 7.76. The summed E-state index contributed by atoms with van der Waals surface area (Å²) in [5.41, 5.74) is 5.19. The van der Waals surface area contributed by atoms with E-state index in [0.717, 1.165) is 19.4 Å². The lowest BCUT2D eigenvalue weighted by Gasteiger charge is -2.07. The van der Waals surface area contributed by atoms with Gasteiger partial charge in [0, 0.05) is 0 Å². The van der Waals surface area contributed by atoms with E-state index in [2.05, 4.69) is 26.0 Å². The predicted octanol–water partition coefficient (Wildman–Crippen LogP) is 1.91. The van der Waals surface area contributed by atoms with Crippen LogP contribution in [0.2, 0.25) is 0 Å². The van der Waals surface area contributed by atoms with Crippen LogP contribution in [0.5, 0.6) is 0 Å². The first kappa shape index (κ1) is 10.7. The zero-order valence-electron chi connectivity index (χ0n) is 7.55. The minimum atomic E-state index is 0.335. The molecule has 0 aromatic rings. The van der Waals surface area contributed by atoms with Crippen molar-refractivity contribution in [1.29, 1.82) is 0 Å². The first-order valence-corrected chi connectivity index (χ1v) is 4.24. The Hall–Kier alpha value is -0.340. The van der Waals surface area contributed by atoms with Crippen LogP contribution in [0.3, 0.4) is 0 Å². The molecular formula is C9H19NO. The number of rotatable bonds is 6. The maximum Gasteiger partial charge on any atom is 0.0940 e. The minimum absolute atomic E-state index is 0.335. The summed E-state index contributed by atoms with van der Waals surface area (Å²) in [6, 6.07) is 0. The van der Waals surface area contributed by atoms with Gasteiger partial charge in [0.1, 0.15) is 0 Å². The molecule has 0 saturated heterocycles. The van der Waals surface area contributed by atoms with Crippen LogP contribution < -0.4 is 5.73 Å². The van der Waals surface area contributed by atoms with Crippen molar-refractivity contribution in [3.8, 4) is 0 Å². The molecule has 1 atom stereocenters. The van der Waals surface area contributed by atoms with Crippen LogP contribution in [0.4, 0.5) is 0 Å². The van der Waals surface area contributed by atoms with Crippen molar-refractivity contribution in [2.45, 2.75) is 26.7 Å². The van der Waals surface area contributed by atoms with Crippen molar-refractivity contribution in [3.63, 3.8) is 0 Å². The number of allylic oxidation sites excluding steroid dienone is 2. The summed E-state index contributed by atoms with van der Waals surface area (Å²) in [6.07, 6.45) is 6.59. The Morgan fingerprint density at radius 2 is 2.18 bits per heavy atom. The van der Waals surface area contributed by atoms with Crippen LogP contribution in [0.25, 0.3) is 0 Å². The Morgan fingerprint density at radius 1 is 1.45 bits per heavy atom. The zero-order chi connectivity index (χ0) is 8.53. The molecule has 0 fully saturated rings. The first-order valence-electron chi connectivity index (χ1n) is 4.24. The average molecular weight is 157 g/mol. The topological polar surface area (TPSA) is 35.2 Å². The SMILES string of the molecule is CC/C=C\C[C@H](C)COCN. The molecule has 0 amide bonds. The van der Waals surface area contributed by atoms with Crippen LogP contribution in [0.1, 0.15) is 26.7 Å². The number of nitrogens with two attached hydrogens (primary N) is 1. The molecular weight excluding hydrogens is 138 g/mol. The summed E-state index contributed by atoms with van der Waals surface area (Å²) in [5, 5.41) is 0. The van der Waals surface area contributed by atoms with Gasteiger partial charge in [-0.2, -0.15) is 0 Å². The number of ether oxygens (including phenoxy) is 1. The highest BCUT2D eigenvalue weighted by Gasteiger charge is 1.97. The molecule has 0 unspecified atom stereocenters. The number of hydrogen-bond acceptors (Lipinski definition) is 2. The molecule has 11 heavy (non-hydrogen) atoms. The van der Waals surface area contributed by atoms with Gasteiger partial charge in [-0.3, -0.25) is 0 Å². The van der Waals surface area contributed by atoms with Crippen molar-refractivity contribution in [1.82, 2.24) is 0 Å². The molecule has 0 spiro atoms. The fraction of sp³-hybridized carbons (Fsp3) is 0.778. The van der Waals surface area contributed by atoms with Gasteiger partial charge < -0.3 is 10.5 Å². The summed E-state index contributed by atoms with van der Waals surface area (Å²) in [7, 11) is 0. The van der Waals surface area contributed by atoms with Gasteiger partial charge >= 0.3 is 0 Å². The van der Waals surface area contributed by atoms with E-state index in [4.69, 9.17) is 10.5 Å². The highest BCUT2D eigenvalue weighted by atomic mass is 16.5. The molecule has 2 nitrogen and oxygen atoms in total. The van der Waals surface area contributed by atoms with Gasteiger partial charge in [0.2, 0.25) is 0 Å². The lowest BCUT2D eigenvalue weighted by molar-refractivity contribution is 0.111. The Labute approximate surface area is 69.4 Å². The van der Waals surface area contributed by atoms with Crippen LogP contribution in [-0.2, 0) is 4.74 Å². The molecule has 2 heteroatoms. The first-order chi connectivity index (χ1) is 5.31. The lowest BCUT2D eigenvalue weighted by atomic mass is 10.1. The van der Waals surface area contributed by atoms with Crippen molar-refractivity contribution >= 4 is 0 Å². The maximum absolute atomic E-state index is 5.19. The summed E-state index contributed by atoms with van der Waals surface area (Å²) in [4.78, 5) is 0. The van der Waals surface area contributed by atoms with Crippen LogP contribution in [0, 0.1) is 5.92 Å². The summed E-state index contributed by atoms with van der Waals surface area (Å²) in [5.74, 6) is 0.585. The molecule has 0 rings (SSSR count). The Morgan fingerprint density at radius 3 is 2.73 bits per heavy atom. The standard InChI is InChI=1S/C9H19NO/c1-3-4-5-6-9(2)7-11-8-10/h4-5,9H,3,6-8,10H2,1-2H3/b5-4-/t9-/m0/s1. The molecule has 0 heterocycles. The smallest absolute Gasteiger partial charge is 0.0940 e. The second-order valence-electron chi connectivity index (χ2n) is 2.76. The van der Waals surface area contributed by atoms with Crippen molar-refractivity contribution in [2.24, 2.45) is 11.7 Å². The zero-order valence-corrected chi connectivity index (χ0v) is 7.55. The summed E-state index contributed by atoms with van der Waals surface area (Å²) < 4.78 is 5.07. The van der Waals surface area contributed by atoms with E-state index in [1.54, 1.807) is 0 Å². The van der Waals surface area contributed by atoms with E-state index in [1.165, 1.54) is 0 Å². The van der Waals surface area contributed by atoms with Crippen LogP contribution in [-0.4, -0.2) is 13.3 Å². The molecule has 66 valence electrons. The van der Waals surface area contributed by atoms with Gasteiger partial charge in [0.05, 0.1) is 13.3 Å². The molecule has 0 saturated carbocycles. The third kappa shape index (κ3) is 7.56. The second-order valence-corrected chi connectivity index (χ2v) is 2.76. The third-order valence-corrected chi connectivity index (χ3v) is 1.46. The summed E-state index contributed by atoms with van der Waals surface area (Å²) in [6.45, 7) is 5.40. The van der Waals surface area contributed by atoms with Gasteiger partial charge in [0.25, 0.3) is 0 Å². The van der Waals surface area contributed by atoms with Crippen molar-refractivity contribution in [3.05, 3.63) is 12.2 Å². The van der Waals surface area contributed by atoms with E-state index in [9.17, 15) is 0 Å². The quantitative estimate of drug-likeness (QED) is 0.472. The van der Waals surface area contributed by atoms with E-state index in [1.807, 2.05) is 0 Å². The molecule has 0 bridgehead atoms. The highest BCUT2D eigenvalue weighted by Crippen LogP contribution is 2.02. The molecule has 0 aliphatic rings. The van der Waals surface area contributed by atoms with Crippen LogP contribution >= 0.6 is 0 Å².